The Kier molecular flexibility index (Phi) is 3.65. The average Bonchev–Trinajstić information content (AvgIpc) is 2.69. The smallest absolute Gasteiger partial charge is 0.161 e. The second-order valence-electron chi connectivity index (χ2n) is 5.62. The molecule has 0 bridgehead atoms. The number of aryl methyl sites for hydroxylation is 1. The minimum absolute atomic E-state index is 0.0181. The lowest BCUT2D eigenvalue weighted by atomic mass is 10.0. The Morgan fingerprint density at radius 1 is 1.14 bits per heavy atom. The maximum atomic E-state index is 11.7. The standard InChI is InChI=1S/C18H20N2O/c1-13(21)17-11-16(8-9-18(17)19)20-10-4-7-14-5-2-3-6-15(14)12-20/h2-3,5-6,8-9,11H,4,7,10,12,19H2,1H3. The van der Waals surface area contributed by atoms with Gasteiger partial charge in [0, 0.05) is 30.0 Å². The van der Waals surface area contributed by atoms with Gasteiger partial charge in [-0.1, -0.05) is 24.3 Å². The van der Waals surface area contributed by atoms with Crippen molar-refractivity contribution in [1.82, 2.24) is 0 Å². The zero-order chi connectivity index (χ0) is 14.8. The molecule has 0 atom stereocenters. The Hall–Kier alpha value is -2.29. The van der Waals surface area contributed by atoms with Gasteiger partial charge in [-0.3, -0.25) is 4.79 Å². The molecular weight excluding hydrogens is 260 g/mol. The van der Waals surface area contributed by atoms with Crippen LogP contribution in [-0.4, -0.2) is 12.3 Å². The van der Waals surface area contributed by atoms with E-state index in [1.54, 1.807) is 6.92 Å². The highest BCUT2D eigenvalue weighted by Gasteiger charge is 2.16. The highest BCUT2D eigenvalue weighted by Crippen LogP contribution is 2.26. The fraction of sp³-hybridized carbons (Fsp3) is 0.278. The number of rotatable bonds is 2. The van der Waals surface area contributed by atoms with Crippen LogP contribution >= 0.6 is 0 Å². The second kappa shape index (κ2) is 5.60. The Morgan fingerprint density at radius 2 is 1.90 bits per heavy atom. The van der Waals surface area contributed by atoms with Crippen molar-refractivity contribution >= 4 is 17.2 Å². The fourth-order valence-electron chi connectivity index (χ4n) is 2.97. The summed E-state index contributed by atoms with van der Waals surface area (Å²) in [6, 6.07) is 14.4. The molecule has 0 unspecified atom stereocenters. The number of ketones is 1. The van der Waals surface area contributed by atoms with E-state index in [9.17, 15) is 4.79 Å². The van der Waals surface area contributed by atoms with E-state index < -0.39 is 0 Å². The number of carbonyl (C=O) groups is 1. The molecular formula is C18H20N2O. The first-order chi connectivity index (χ1) is 10.1. The van der Waals surface area contributed by atoms with Crippen LogP contribution in [0.5, 0.6) is 0 Å². The lowest BCUT2D eigenvalue weighted by Crippen LogP contribution is -2.22. The van der Waals surface area contributed by atoms with Crippen LogP contribution in [0.25, 0.3) is 0 Å². The summed E-state index contributed by atoms with van der Waals surface area (Å²) in [5.41, 5.74) is 10.9. The minimum atomic E-state index is 0.0181. The average molecular weight is 280 g/mol. The van der Waals surface area contributed by atoms with Crippen molar-refractivity contribution in [2.45, 2.75) is 26.3 Å². The highest BCUT2D eigenvalue weighted by atomic mass is 16.1. The van der Waals surface area contributed by atoms with Gasteiger partial charge in [0.15, 0.2) is 5.78 Å². The molecule has 108 valence electrons. The van der Waals surface area contributed by atoms with Crippen LogP contribution in [0.3, 0.4) is 0 Å². The Labute approximate surface area is 125 Å². The van der Waals surface area contributed by atoms with Gasteiger partial charge in [0.2, 0.25) is 0 Å². The molecule has 0 saturated heterocycles. The number of hydrogen-bond acceptors (Lipinski definition) is 3. The van der Waals surface area contributed by atoms with Crippen LogP contribution in [0.15, 0.2) is 42.5 Å². The topological polar surface area (TPSA) is 46.3 Å². The van der Waals surface area contributed by atoms with E-state index in [2.05, 4.69) is 29.2 Å². The molecule has 3 nitrogen and oxygen atoms in total. The summed E-state index contributed by atoms with van der Waals surface area (Å²) in [7, 11) is 0. The van der Waals surface area contributed by atoms with Crippen molar-refractivity contribution in [2.75, 3.05) is 17.2 Å². The quantitative estimate of drug-likeness (QED) is 0.677. The number of Topliss-reactive ketones (excluding diaryl/α,β-unsaturated/α-hetero) is 1. The minimum Gasteiger partial charge on any atom is -0.398 e. The number of hydrogen-bond donors (Lipinski definition) is 1. The molecule has 3 rings (SSSR count). The number of nitrogens with zero attached hydrogens (tertiary/aromatic N) is 1. The molecule has 1 aliphatic rings. The van der Waals surface area contributed by atoms with E-state index in [0.717, 1.165) is 31.6 Å². The van der Waals surface area contributed by atoms with Gasteiger partial charge in [0.25, 0.3) is 0 Å². The first-order valence-corrected chi connectivity index (χ1v) is 7.37. The van der Waals surface area contributed by atoms with Gasteiger partial charge >= 0.3 is 0 Å². The second-order valence-corrected chi connectivity index (χ2v) is 5.62. The maximum Gasteiger partial charge on any atom is 0.161 e. The molecule has 0 spiro atoms. The van der Waals surface area contributed by atoms with Crippen LogP contribution in [-0.2, 0) is 13.0 Å². The Bertz CT molecular complexity index is 679. The van der Waals surface area contributed by atoms with Crippen LogP contribution < -0.4 is 10.6 Å². The molecule has 2 aromatic carbocycles. The monoisotopic (exact) mass is 280 g/mol. The number of fused-ring (bicyclic) bond motifs is 1. The van der Waals surface area contributed by atoms with Crippen molar-refractivity contribution in [1.29, 1.82) is 0 Å². The van der Waals surface area contributed by atoms with Crippen LogP contribution in [0.2, 0.25) is 0 Å². The van der Waals surface area contributed by atoms with Gasteiger partial charge in [0.05, 0.1) is 0 Å². The number of carbonyl (C=O) groups excluding carboxylic acids is 1. The summed E-state index contributed by atoms with van der Waals surface area (Å²) in [5, 5.41) is 0. The normalized spacial score (nSPS) is 14.4. The molecule has 2 N–H and O–H groups in total. The fourth-order valence-corrected chi connectivity index (χ4v) is 2.97. The first-order valence-electron chi connectivity index (χ1n) is 7.37. The van der Waals surface area contributed by atoms with Crippen LogP contribution in [0, 0.1) is 0 Å². The third-order valence-electron chi connectivity index (χ3n) is 4.14. The van der Waals surface area contributed by atoms with Crippen LogP contribution in [0.1, 0.15) is 34.8 Å². The number of nitrogens with two attached hydrogens (primary N) is 1. The lowest BCUT2D eigenvalue weighted by Gasteiger charge is -2.24. The van der Waals surface area contributed by atoms with Crippen molar-refractivity contribution < 1.29 is 4.79 Å². The van der Waals surface area contributed by atoms with E-state index in [1.807, 2.05) is 18.2 Å². The van der Waals surface area contributed by atoms with Gasteiger partial charge in [0.1, 0.15) is 0 Å². The molecule has 3 heteroatoms. The zero-order valence-electron chi connectivity index (χ0n) is 12.3. The highest BCUT2D eigenvalue weighted by molar-refractivity contribution is 6.00. The predicted octanol–water partition coefficient (Wildman–Crippen LogP) is 3.42. The predicted molar refractivity (Wildman–Crippen MR) is 86.7 cm³/mol. The van der Waals surface area contributed by atoms with Crippen LogP contribution in [0.4, 0.5) is 11.4 Å². The number of nitrogen functional groups attached to an aromatic ring is 1. The van der Waals surface area contributed by atoms with Gasteiger partial charge < -0.3 is 10.6 Å². The summed E-state index contributed by atoms with van der Waals surface area (Å²) in [6.07, 6.45) is 2.23. The molecule has 1 aliphatic heterocycles. The molecule has 1 heterocycles. The van der Waals surface area contributed by atoms with Crippen molar-refractivity contribution in [3.8, 4) is 0 Å². The maximum absolute atomic E-state index is 11.7. The Balaban J connectivity index is 1.94. The third-order valence-corrected chi connectivity index (χ3v) is 4.14. The summed E-state index contributed by atoms with van der Waals surface area (Å²) in [6.45, 7) is 3.45. The van der Waals surface area contributed by atoms with Gasteiger partial charge in [-0.05, 0) is 49.1 Å². The van der Waals surface area contributed by atoms with Gasteiger partial charge in [-0.25, -0.2) is 0 Å². The largest absolute Gasteiger partial charge is 0.398 e. The molecule has 0 aromatic heterocycles. The molecule has 2 aromatic rings. The van der Waals surface area contributed by atoms with E-state index in [-0.39, 0.29) is 5.78 Å². The summed E-state index contributed by atoms with van der Waals surface area (Å²) >= 11 is 0. The van der Waals surface area contributed by atoms with E-state index in [4.69, 9.17) is 5.73 Å². The SMILES string of the molecule is CC(=O)c1cc(N2CCCc3ccccc3C2)ccc1N. The van der Waals surface area contributed by atoms with Gasteiger partial charge in [-0.15, -0.1) is 0 Å². The molecule has 0 fully saturated rings. The Morgan fingerprint density at radius 3 is 2.67 bits per heavy atom. The van der Waals surface area contributed by atoms with E-state index in [1.165, 1.54) is 11.1 Å². The summed E-state index contributed by atoms with van der Waals surface area (Å²) in [4.78, 5) is 14.0. The molecule has 0 saturated carbocycles. The number of benzene rings is 2. The van der Waals surface area contributed by atoms with Gasteiger partial charge in [-0.2, -0.15) is 0 Å². The lowest BCUT2D eigenvalue weighted by molar-refractivity contribution is 0.101. The first kappa shape index (κ1) is 13.7. The summed E-state index contributed by atoms with van der Waals surface area (Å²) in [5.74, 6) is 0.0181. The molecule has 21 heavy (non-hydrogen) atoms. The molecule has 0 radical (unpaired) electrons. The molecule has 0 aliphatic carbocycles. The third kappa shape index (κ3) is 2.77. The number of anilines is 2. The zero-order valence-corrected chi connectivity index (χ0v) is 12.3. The van der Waals surface area contributed by atoms with E-state index >= 15 is 0 Å². The van der Waals surface area contributed by atoms with E-state index in [0.29, 0.717) is 11.3 Å². The van der Waals surface area contributed by atoms with Crippen molar-refractivity contribution in [2.24, 2.45) is 0 Å². The summed E-state index contributed by atoms with van der Waals surface area (Å²) < 4.78 is 0. The van der Waals surface area contributed by atoms with Crippen molar-refractivity contribution in [3.63, 3.8) is 0 Å². The molecule has 0 amide bonds. The van der Waals surface area contributed by atoms with Crippen molar-refractivity contribution in [3.05, 3.63) is 59.2 Å².